The summed E-state index contributed by atoms with van der Waals surface area (Å²) in [5.41, 5.74) is 0.616. The minimum atomic E-state index is -3.55. The van der Waals surface area contributed by atoms with Crippen LogP contribution < -0.4 is 0 Å². The van der Waals surface area contributed by atoms with Gasteiger partial charge < -0.3 is 14.4 Å². The topological polar surface area (TPSA) is 71.8 Å². The molecule has 1 saturated heterocycles. The lowest BCUT2D eigenvalue weighted by atomic mass is 10.2. The van der Waals surface area contributed by atoms with Crippen molar-refractivity contribution in [2.45, 2.75) is 50.8 Å². The summed E-state index contributed by atoms with van der Waals surface area (Å²) in [7, 11) is -3.55. The molecular weight excluding hydrogens is 292 g/mol. The first-order chi connectivity index (χ1) is 9.91. The predicted molar refractivity (Wildman–Crippen MR) is 79.5 cm³/mol. The zero-order valence-corrected chi connectivity index (χ0v) is 13.6. The molecular formula is C14H24N2O4S. The number of ether oxygens (including phenoxy) is 1. The van der Waals surface area contributed by atoms with E-state index in [0.717, 1.165) is 6.42 Å². The maximum Gasteiger partial charge on any atom is 0.245 e. The van der Waals surface area contributed by atoms with Crippen molar-refractivity contribution in [3.63, 3.8) is 0 Å². The van der Waals surface area contributed by atoms with Gasteiger partial charge in [0.1, 0.15) is 4.90 Å². The SMILES string of the molecule is CCC1COCCN1S(=O)(=O)c1cc(CO)n(C(C)C)c1. The van der Waals surface area contributed by atoms with Gasteiger partial charge >= 0.3 is 0 Å². The number of aliphatic hydroxyl groups excluding tert-OH is 1. The van der Waals surface area contributed by atoms with Crippen molar-refractivity contribution in [3.05, 3.63) is 18.0 Å². The second kappa shape index (κ2) is 6.48. The molecule has 1 aromatic rings. The van der Waals surface area contributed by atoms with Gasteiger partial charge in [0, 0.05) is 30.5 Å². The highest BCUT2D eigenvalue weighted by molar-refractivity contribution is 7.89. The highest BCUT2D eigenvalue weighted by atomic mass is 32.2. The molecule has 6 nitrogen and oxygen atoms in total. The average molecular weight is 316 g/mol. The van der Waals surface area contributed by atoms with Gasteiger partial charge in [-0.05, 0) is 26.3 Å². The molecule has 0 bridgehead atoms. The van der Waals surface area contributed by atoms with E-state index in [9.17, 15) is 13.5 Å². The van der Waals surface area contributed by atoms with E-state index in [2.05, 4.69) is 0 Å². The number of morpholine rings is 1. The van der Waals surface area contributed by atoms with Crippen molar-refractivity contribution < 1.29 is 18.3 Å². The summed E-state index contributed by atoms with van der Waals surface area (Å²) >= 11 is 0. The van der Waals surface area contributed by atoms with Crippen molar-refractivity contribution >= 4 is 10.0 Å². The Morgan fingerprint density at radius 2 is 2.19 bits per heavy atom. The van der Waals surface area contributed by atoms with Crippen molar-refractivity contribution in [2.24, 2.45) is 0 Å². The van der Waals surface area contributed by atoms with E-state index in [1.165, 1.54) is 4.31 Å². The Balaban J connectivity index is 2.39. The first-order valence-electron chi connectivity index (χ1n) is 7.33. The smallest absolute Gasteiger partial charge is 0.245 e. The molecule has 0 aliphatic carbocycles. The van der Waals surface area contributed by atoms with Crippen LogP contribution in [0.25, 0.3) is 0 Å². The Bertz CT molecular complexity index is 580. The molecule has 1 unspecified atom stereocenters. The average Bonchev–Trinajstić information content (AvgIpc) is 2.92. The van der Waals surface area contributed by atoms with Crippen molar-refractivity contribution in [1.29, 1.82) is 0 Å². The summed E-state index contributed by atoms with van der Waals surface area (Å²) in [5, 5.41) is 9.41. The number of hydrogen-bond donors (Lipinski definition) is 1. The molecule has 1 aliphatic heterocycles. The minimum absolute atomic E-state index is 0.0998. The highest BCUT2D eigenvalue weighted by Gasteiger charge is 2.34. The molecule has 1 N–H and O–H groups in total. The quantitative estimate of drug-likeness (QED) is 0.890. The van der Waals surface area contributed by atoms with Crippen LogP contribution in [-0.2, 0) is 21.4 Å². The third-order valence-electron chi connectivity index (χ3n) is 3.88. The molecule has 21 heavy (non-hydrogen) atoms. The number of aliphatic hydroxyl groups is 1. The molecule has 0 aromatic carbocycles. The maximum atomic E-state index is 12.8. The van der Waals surface area contributed by atoms with Gasteiger partial charge in [-0.15, -0.1) is 0 Å². The zero-order chi connectivity index (χ0) is 15.6. The minimum Gasteiger partial charge on any atom is -0.390 e. The van der Waals surface area contributed by atoms with E-state index >= 15 is 0 Å². The van der Waals surface area contributed by atoms with E-state index in [1.54, 1.807) is 16.8 Å². The van der Waals surface area contributed by atoms with Crippen LogP contribution in [0, 0.1) is 0 Å². The molecule has 120 valence electrons. The van der Waals surface area contributed by atoms with Gasteiger partial charge in [0.05, 0.1) is 19.8 Å². The normalized spacial score (nSPS) is 21.1. The van der Waals surface area contributed by atoms with Crippen LogP contribution >= 0.6 is 0 Å². The number of hydrogen-bond acceptors (Lipinski definition) is 4. The second-order valence-electron chi connectivity index (χ2n) is 5.58. The fourth-order valence-electron chi connectivity index (χ4n) is 2.66. The van der Waals surface area contributed by atoms with Crippen LogP contribution in [-0.4, -0.2) is 48.2 Å². The van der Waals surface area contributed by atoms with Gasteiger partial charge in [0.15, 0.2) is 0 Å². The number of rotatable bonds is 5. The Morgan fingerprint density at radius 3 is 2.71 bits per heavy atom. The standard InChI is InChI=1S/C14H24N2O4S/c1-4-12-10-20-6-5-16(12)21(18,19)14-7-13(9-17)15(8-14)11(2)3/h7-8,11-12,17H,4-6,9-10H2,1-3H3. The summed E-state index contributed by atoms with van der Waals surface area (Å²) in [6, 6.07) is 1.55. The van der Waals surface area contributed by atoms with Crippen LogP contribution in [0.15, 0.2) is 17.2 Å². The van der Waals surface area contributed by atoms with Gasteiger partial charge in [0.25, 0.3) is 0 Å². The molecule has 7 heteroatoms. The Labute approximate surface area is 126 Å². The third-order valence-corrected chi connectivity index (χ3v) is 5.79. The zero-order valence-electron chi connectivity index (χ0n) is 12.8. The predicted octanol–water partition coefficient (Wildman–Crippen LogP) is 1.36. The summed E-state index contributed by atoms with van der Waals surface area (Å²) in [6.45, 7) is 6.94. The van der Waals surface area contributed by atoms with Crippen LogP contribution in [0.1, 0.15) is 38.9 Å². The molecule has 0 radical (unpaired) electrons. The number of nitrogens with zero attached hydrogens (tertiary/aromatic N) is 2. The fourth-order valence-corrected chi connectivity index (χ4v) is 4.38. The first kappa shape index (κ1) is 16.5. The third kappa shape index (κ3) is 3.15. The van der Waals surface area contributed by atoms with E-state index < -0.39 is 10.0 Å². The van der Waals surface area contributed by atoms with E-state index in [4.69, 9.17) is 4.74 Å². The highest BCUT2D eigenvalue weighted by Crippen LogP contribution is 2.25. The van der Waals surface area contributed by atoms with E-state index in [0.29, 0.717) is 25.5 Å². The summed E-state index contributed by atoms with van der Waals surface area (Å²) < 4.78 is 34.4. The van der Waals surface area contributed by atoms with Crippen LogP contribution in [0.3, 0.4) is 0 Å². The van der Waals surface area contributed by atoms with Gasteiger partial charge in [0.2, 0.25) is 10.0 Å². The summed E-state index contributed by atoms with van der Waals surface area (Å²) in [6.07, 6.45) is 2.34. The molecule has 1 atom stereocenters. The molecule has 0 amide bonds. The first-order valence-corrected chi connectivity index (χ1v) is 8.77. The van der Waals surface area contributed by atoms with Crippen molar-refractivity contribution in [3.8, 4) is 0 Å². The van der Waals surface area contributed by atoms with Crippen molar-refractivity contribution in [2.75, 3.05) is 19.8 Å². The van der Waals surface area contributed by atoms with E-state index in [-0.39, 0.29) is 23.6 Å². The monoisotopic (exact) mass is 316 g/mol. The lowest BCUT2D eigenvalue weighted by molar-refractivity contribution is 0.0314. The van der Waals surface area contributed by atoms with Gasteiger partial charge in [-0.3, -0.25) is 0 Å². The maximum absolute atomic E-state index is 12.8. The molecule has 1 fully saturated rings. The Hall–Kier alpha value is -0.890. The largest absolute Gasteiger partial charge is 0.390 e. The molecule has 1 aliphatic rings. The number of sulfonamides is 1. The summed E-state index contributed by atoms with van der Waals surface area (Å²) in [4.78, 5) is 0.251. The lowest BCUT2D eigenvalue weighted by Crippen LogP contribution is -2.48. The van der Waals surface area contributed by atoms with Crippen LogP contribution in [0.5, 0.6) is 0 Å². The molecule has 1 aromatic heterocycles. The van der Waals surface area contributed by atoms with Gasteiger partial charge in [-0.1, -0.05) is 6.92 Å². The molecule has 2 rings (SSSR count). The second-order valence-corrected chi connectivity index (χ2v) is 7.47. The molecule has 0 spiro atoms. The van der Waals surface area contributed by atoms with Crippen LogP contribution in [0.4, 0.5) is 0 Å². The lowest BCUT2D eigenvalue weighted by Gasteiger charge is -2.33. The molecule has 0 saturated carbocycles. The number of aromatic nitrogens is 1. The Kier molecular flexibility index (Phi) is 5.08. The van der Waals surface area contributed by atoms with E-state index in [1.807, 2.05) is 20.8 Å². The Morgan fingerprint density at radius 1 is 1.48 bits per heavy atom. The molecule has 2 heterocycles. The van der Waals surface area contributed by atoms with Gasteiger partial charge in [-0.2, -0.15) is 4.31 Å². The summed E-state index contributed by atoms with van der Waals surface area (Å²) in [5.74, 6) is 0. The fraction of sp³-hybridized carbons (Fsp3) is 0.714. The van der Waals surface area contributed by atoms with Crippen LogP contribution in [0.2, 0.25) is 0 Å². The van der Waals surface area contributed by atoms with Gasteiger partial charge in [-0.25, -0.2) is 8.42 Å². The van der Waals surface area contributed by atoms with Crippen molar-refractivity contribution in [1.82, 2.24) is 8.87 Å².